The van der Waals surface area contributed by atoms with Crippen molar-refractivity contribution in [2.45, 2.75) is 26.2 Å². The van der Waals surface area contributed by atoms with Crippen LogP contribution in [0, 0.1) is 5.82 Å². The van der Waals surface area contributed by atoms with Crippen LogP contribution in [0.5, 0.6) is 5.75 Å². The molecule has 0 spiro atoms. The molecule has 116 valence electrons. The molecule has 0 unspecified atom stereocenters. The molecular formula is C18H17F3O. The highest BCUT2D eigenvalue weighted by Gasteiger charge is 2.06. The zero-order valence-electron chi connectivity index (χ0n) is 12.2. The number of rotatable bonds is 6. The summed E-state index contributed by atoms with van der Waals surface area (Å²) in [5.41, 5.74) is 2.85. The quantitative estimate of drug-likeness (QED) is 0.631. The van der Waals surface area contributed by atoms with Crippen LogP contribution in [-0.2, 0) is 6.42 Å². The van der Waals surface area contributed by atoms with Crippen molar-refractivity contribution in [1.82, 2.24) is 0 Å². The topological polar surface area (TPSA) is 9.23 Å². The van der Waals surface area contributed by atoms with E-state index in [0.29, 0.717) is 11.6 Å². The van der Waals surface area contributed by atoms with Crippen molar-refractivity contribution in [2.75, 3.05) is 0 Å². The molecule has 2 rings (SSSR count). The van der Waals surface area contributed by atoms with E-state index in [0.717, 1.165) is 24.7 Å². The number of allylic oxidation sites excluding steroid dienone is 1. The van der Waals surface area contributed by atoms with Gasteiger partial charge in [0.1, 0.15) is 0 Å². The largest absolute Gasteiger partial charge is 0.462 e. The third-order valence-corrected chi connectivity index (χ3v) is 3.18. The van der Waals surface area contributed by atoms with Gasteiger partial charge < -0.3 is 4.74 Å². The Balaban J connectivity index is 2.14. The van der Waals surface area contributed by atoms with Crippen LogP contribution in [0.2, 0.25) is 0 Å². The van der Waals surface area contributed by atoms with Crippen molar-refractivity contribution in [3.8, 4) is 16.9 Å². The number of halogens is 3. The maximum Gasteiger partial charge on any atom is 0.260 e. The first-order valence-corrected chi connectivity index (χ1v) is 7.10. The zero-order chi connectivity index (χ0) is 15.9. The molecule has 0 radical (unpaired) electrons. The summed E-state index contributed by atoms with van der Waals surface area (Å²) >= 11 is 0. The molecule has 0 saturated heterocycles. The van der Waals surface area contributed by atoms with E-state index in [1.165, 1.54) is 17.7 Å². The molecule has 0 bridgehead atoms. The van der Waals surface area contributed by atoms with Crippen molar-refractivity contribution in [3.63, 3.8) is 0 Å². The molecule has 4 heteroatoms. The van der Waals surface area contributed by atoms with E-state index in [-0.39, 0.29) is 5.75 Å². The third-order valence-electron chi connectivity index (χ3n) is 3.18. The van der Waals surface area contributed by atoms with Crippen LogP contribution < -0.4 is 4.74 Å². The Morgan fingerprint density at radius 3 is 2.32 bits per heavy atom. The fourth-order valence-electron chi connectivity index (χ4n) is 2.10. The van der Waals surface area contributed by atoms with Crippen molar-refractivity contribution < 1.29 is 17.9 Å². The highest BCUT2D eigenvalue weighted by atomic mass is 19.3. The number of aryl methyl sites for hydroxylation is 1. The maximum atomic E-state index is 13.9. The van der Waals surface area contributed by atoms with Gasteiger partial charge in [0.15, 0.2) is 11.6 Å². The Morgan fingerprint density at radius 1 is 1.05 bits per heavy atom. The van der Waals surface area contributed by atoms with Gasteiger partial charge >= 0.3 is 0 Å². The molecule has 0 fully saturated rings. The minimum Gasteiger partial charge on any atom is -0.462 e. The molecule has 0 saturated carbocycles. The summed E-state index contributed by atoms with van der Waals surface area (Å²) in [4.78, 5) is 0. The lowest BCUT2D eigenvalue weighted by Gasteiger charge is -2.07. The predicted molar refractivity (Wildman–Crippen MR) is 81.6 cm³/mol. The van der Waals surface area contributed by atoms with Gasteiger partial charge in [-0.1, -0.05) is 43.7 Å². The summed E-state index contributed by atoms with van der Waals surface area (Å²) in [5, 5.41) is 0. The molecule has 2 aromatic rings. The van der Waals surface area contributed by atoms with E-state index in [1.807, 2.05) is 24.3 Å². The van der Waals surface area contributed by atoms with Gasteiger partial charge in [-0.05, 0) is 35.2 Å². The average molecular weight is 306 g/mol. The summed E-state index contributed by atoms with van der Waals surface area (Å²) in [5.74, 6) is -0.669. The SMILES string of the molecule is CCCc1ccc(-c2ccc(O/C=C/C(F)F)c(F)c2)cc1. The van der Waals surface area contributed by atoms with Crippen LogP contribution in [0.25, 0.3) is 11.1 Å². The Bertz CT molecular complexity index is 633. The zero-order valence-corrected chi connectivity index (χ0v) is 12.2. The molecule has 0 atom stereocenters. The first-order valence-electron chi connectivity index (χ1n) is 7.10. The number of ether oxygens (including phenoxy) is 1. The summed E-state index contributed by atoms with van der Waals surface area (Å²) in [6.45, 7) is 2.12. The number of alkyl halides is 2. The molecule has 0 aliphatic heterocycles. The highest BCUT2D eigenvalue weighted by Crippen LogP contribution is 2.26. The second-order valence-electron chi connectivity index (χ2n) is 4.87. The number of benzene rings is 2. The fourth-order valence-corrected chi connectivity index (χ4v) is 2.10. The monoisotopic (exact) mass is 306 g/mol. The maximum absolute atomic E-state index is 13.9. The van der Waals surface area contributed by atoms with Crippen LogP contribution in [0.15, 0.2) is 54.8 Å². The minimum absolute atomic E-state index is 0.0803. The molecule has 2 aromatic carbocycles. The third kappa shape index (κ3) is 4.38. The Hall–Kier alpha value is -2.23. The molecule has 0 amide bonds. The number of hydrogen-bond donors (Lipinski definition) is 0. The summed E-state index contributed by atoms with van der Waals surface area (Å²) in [6.07, 6.45) is 0.815. The first-order chi connectivity index (χ1) is 10.6. The molecule has 0 heterocycles. The van der Waals surface area contributed by atoms with Crippen LogP contribution in [-0.4, -0.2) is 6.43 Å². The number of hydrogen-bond acceptors (Lipinski definition) is 1. The standard InChI is InChI=1S/C18H17F3O/c1-2-3-13-4-6-14(7-5-13)15-8-9-17(16(19)12-15)22-11-10-18(20)21/h4-12,18H,2-3H2,1H3/b11-10+. The molecule has 0 aliphatic rings. The lowest BCUT2D eigenvalue weighted by molar-refractivity contribution is 0.201. The summed E-state index contributed by atoms with van der Waals surface area (Å²) < 4.78 is 42.7. The normalized spacial score (nSPS) is 11.3. The lowest BCUT2D eigenvalue weighted by atomic mass is 10.0. The summed E-state index contributed by atoms with van der Waals surface area (Å²) in [6, 6.07) is 12.4. The van der Waals surface area contributed by atoms with E-state index in [4.69, 9.17) is 4.74 Å². The lowest BCUT2D eigenvalue weighted by Crippen LogP contribution is -1.90. The highest BCUT2D eigenvalue weighted by molar-refractivity contribution is 5.64. The second kappa shape index (κ2) is 7.69. The Kier molecular flexibility index (Phi) is 5.64. The van der Waals surface area contributed by atoms with E-state index in [9.17, 15) is 13.2 Å². The van der Waals surface area contributed by atoms with E-state index in [2.05, 4.69) is 6.92 Å². The Labute approximate surface area is 128 Å². The van der Waals surface area contributed by atoms with Crippen LogP contribution in [0.1, 0.15) is 18.9 Å². The van der Waals surface area contributed by atoms with Crippen LogP contribution in [0.4, 0.5) is 13.2 Å². The van der Waals surface area contributed by atoms with Gasteiger partial charge in [0, 0.05) is 6.08 Å². The predicted octanol–water partition coefficient (Wildman–Crippen LogP) is 5.60. The van der Waals surface area contributed by atoms with Gasteiger partial charge in [-0.25, -0.2) is 13.2 Å². The Morgan fingerprint density at radius 2 is 1.73 bits per heavy atom. The van der Waals surface area contributed by atoms with Gasteiger partial charge in [-0.2, -0.15) is 0 Å². The van der Waals surface area contributed by atoms with Gasteiger partial charge in [0.25, 0.3) is 6.43 Å². The van der Waals surface area contributed by atoms with Gasteiger partial charge in [-0.3, -0.25) is 0 Å². The fraction of sp³-hybridized carbons (Fsp3) is 0.222. The van der Waals surface area contributed by atoms with E-state index < -0.39 is 12.2 Å². The van der Waals surface area contributed by atoms with Crippen LogP contribution >= 0.6 is 0 Å². The van der Waals surface area contributed by atoms with Gasteiger partial charge in [0.05, 0.1) is 6.26 Å². The van der Waals surface area contributed by atoms with Gasteiger partial charge in [0.2, 0.25) is 0 Å². The van der Waals surface area contributed by atoms with Crippen LogP contribution in [0.3, 0.4) is 0 Å². The first kappa shape index (κ1) is 16.1. The average Bonchev–Trinajstić information content (AvgIpc) is 2.50. The molecule has 1 nitrogen and oxygen atoms in total. The van der Waals surface area contributed by atoms with Crippen molar-refractivity contribution in [3.05, 3.63) is 66.2 Å². The molecule has 0 aliphatic carbocycles. The van der Waals surface area contributed by atoms with Crippen molar-refractivity contribution >= 4 is 0 Å². The molecular weight excluding hydrogens is 289 g/mol. The smallest absolute Gasteiger partial charge is 0.260 e. The second-order valence-corrected chi connectivity index (χ2v) is 4.87. The minimum atomic E-state index is -2.62. The van der Waals surface area contributed by atoms with E-state index >= 15 is 0 Å². The molecule has 22 heavy (non-hydrogen) atoms. The molecule has 0 N–H and O–H groups in total. The molecule has 0 aromatic heterocycles. The van der Waals surface area contributed by atoms with Gasteiger partial charge in [-0.15, -0.1) is 0 Å². The van der Waals surface area contributed by atoms with Crippen molar-refractivity contribution in [2.24, 2.45) is 0 Å². The van der Waals surface area contributed by atoms with E-state index in [1.54, 1.807) is 6.07 Å². The van der Waals surface area contributed by atoms with Crippen molar-refractivity contribution in [1.29, 1.82) is 0 Å². The summed E-state index contributed by atoms with van der Waals surface area (Å²) in [7, 11) is 0.